The number of para-hydroxylation sites is 1. The predicted octanol–water partition coefficient (Wildman–Crippen LogP) is 5.30. The van der Waals surface area contributed by atoms with Gasteiger partial charge in [-0.3, -0.25) is 0 Å². The molecule has 1 fully saturated rings. The van der Waals surface area contributed by atoms with Crippen LogP contribution in [0.2, 0.25) is 0 Å². The van der Waals surface area contributed by atoms with Crippen molar-refractivity contribution in [2.75, 3.05) is 25.1 Å². The first-order valence-corrected chi connectivity index (χ1v) is 10.5. The first kappa shape index (κ1) is 16.0. The van der Waals surface area contributed by atoms with E-state index in [1.54, 1.807) is 18.4 Å². The third kappa shape index (κ3) is 2.83. The molecule has 2 aromatic heterocycles. The summed E-state index contributed by atoms with van der Waals surface area (Å²) in [6.07, 6.45) is 2.28. The first-order chi connectivity index (χ1) is 12.8. The van der Waals surface area contributed by atoms with Crippen LogP contribution < -0.4 is 9.64 Å². The zero-order valence-electron chi connectivity index (χ0n) is 14.5. The van der Waals surface area contributed by atoms with Crippen molar-refractivity contribution in [2.45, 2.75) is 18.8 Å². The highest BCUT2D eigenvalue weighted by Crippen LogP contribution is 2.37. The summed E-state index contributed by atoms with van der Waals surface area (Å²) >= 11 is 3.61. The Morgan fingerprint density at radius 2 is 1.77 bits per heavy atom. The Morgan fingerprint density at radius 3 is 2.58 bits per heavy atom. The fraction of sp³-hybridized carbons (Fsp3) is 0.300. The largest absolute Gasteiger partial charge is 0.497 e. The van der Waals surface area contributed by atoms with Crippen LogP contribution in [-0.4, -0.2) is 30.2 Å². The van der Waals surface area contributed by atoms with Crippen LogP contribution in [0.1, 0.15) is 23.8 Å². The summed E-state index contributed by atoms with van der Waals surface area (Å²) in [5.74, 6) is 1.46. The molecular weight excluding hydrogens is 362 g/mol. The molecular formula is C20H19N3OS2. The highest BCUT2D eigenvalue weighted by Gasteiger charge is 2.25. The second-order valence-corrected chi connectivity index (χ2v) is 8.68. The van der Waals surface area contributed by atoms with Crippen molar-refractivity contribution >= 4 is 48.2 Å². The van der Waals surface area contributed by atoms with Gasteiger partial charge in [-0.25, -0.2) is 9.97 Å². The zero-order valence-corrected chi connectivity index (χ0v) is 16.1. The Balaban J connectivity index is 1.33. The molecule has 0 radical (unpaired) electrons. The molecule has 26 heavy (non-hydrogen) atoms. The maximum Gasteiger partial charge on any atom is 0.186 e. The van der Waals surface area contributed by atoms with E-state index in [1.807, 2.05) is 23.5 Å². The van der Waals surface area contributed by atoms with Crippen molar-refractivity contribution in [1.29, 1.82) is 0 Å². The Bertz CT molecular complexity index is 1030. The first-order valence-electron chi connectivity index (χ1n) is 8.85. The summed E-state index contributed by atoms with van der Waals surface area (Å²) in [5.41, 5.74) is 2.19. The van der Waals surface area contributed by atoms with Gasteiger partial charge in [0, 0.05) is 19.0 Å². The third-order valence-corrected chi connectivity index (χ3v) is 7.29. The van der Waals surface area contributed by atoms with Crippen LogP contribution in [0.3, 0.4) is 0 Å². The molecule has 0 amide bonds. The number of ether oxygens (including phenoxy) is 1. The molecule has 6 heteroatoms. The Hall–Kier alpha value is -2.18. The molecule has 3 heterocycles. The van der Waals surface area contributed by atoms with Crippen molar-refractivity contribution in [1.82, 2.24) is 9.97 Å². The van der Waals surface area contributed by atoms with E-state index in [2.05, 4.69) is 35.2 Å². The standard InChI is InChI=1S/C20H19N3OS2/c1-24-14-6-7-16-18(12-14)26-20(22-16)23-10-8-13(9-11-23)19-21-15-4-2-3-5-17(15)25-19/h2-7,12-13H,8-11H2,1H3. The number of methoxy groups -OCH3 is 1. The summed E-state index contributed by atoms with van der Waals surface area (Å²) in [6.45, 7) is 2.08. The fourth-order valence-electron chi connectivity index (χ4n) is 3.54. The summed E-state index contributed by atoms with van der Waals surface area (Å²) in [6, 6.07) is 14.5. The molecule has 1 saturated heterocycles. The zero-order chi connectivity index (χ0) is 17.5. The smallest absolute Gasteiger partial charge is 0.186 e. The molecule has 4 nitrogen and oxygen atoms in total. The molecule has 0 spiro atoms. The third-order valence-electron chi connectivity index (χ3n) is 5.01. The molecule has 0 unspecified atom stereocenters. The van der Waals surface area contributed by atoms with Crippen molar-refractivity contribution in [3.8, 4) is 5.75 Å². The highest BCUT2D eigenvalue weighted by molar-refractivity contribution is 7.22. The van der Waals surface area contributed by atoms with Crippen LogP contribution >= 0.6 is 22.7 Å². The highest BCUT2D eigenvalue weighted by atomic mass is 32.1. The van der Waals surface area contributed by atoms with Crippen LogP contribution in [-0.2, 0) is 0 Å². The van der Waals surface area contributed by atoms with E-state index in [-0.39, 0.29) is 0 Å². The number of benzene rings is 2. The van der Waals surface area contributed by atoms with Gasteiger partial charge in [0.1, 0.15) is 5.75 Å². The lowest BCUT2D eigenvalue weighted by molar-refractivity contribution is 0.415. The van der Waals surface area contributed by atoms with Gasteiger partial charge < -0.3 is 9.64 Å². The molecule has 1 aliphatic heterocycles. The van der Waals surface area contributed by atoms with Gasteiger partial charge in [-0.15, -0.1) is 11.3 Å². The van der Waals surface area contributed by atoms with Crippen LogP contribution in [0.5, 0.6) is 5.75 Å². The van der Waals surface area contributed by atoms with Gasteiger partial charge in [-0.1, -0.05) is 23.5 Å². The number of hydrogen-bond acceptors (Lipinski definition) is 6. The maximum absolute atomic E-state index is 5.32. The molecule has 0 atom stereocenters. The second kappa shape index (κ2) is 6.52. The number of aromatic nitrogens is 2. The number of hydrogen-bond donors (Lipinski definition) is 0. The van der Waals surface area contributed by atoms with Crippen molar-refractivity contribution in [3.05, 3.63) is 47.5 Å². The van der Waals surface area contributed by atoms with E-state index >= 15 is 0 Å². The van der Waals surface area contributed by atoms with E-state index in [1.165, 1.54) is 14.4 Å². The molecule has 132 valence electrons. The molecule has 0 aliphatic carbocycles. The monoisotopic (exact) mass is 381 g/mol. The number of piperidine rings is 1. The van der Waals surface area contributed by atoms with Gasteiger partial charge in [0.05, 0.1) is 32.6 Å². The van der Waals surface area contributed by atoms with Gasteiger partial charge in [0.2, 0.25) is 0 Å². The summed E-state index contributed by atoms with van der Waals surface area (Å²) in [5, 5.41) is 2.41. The molecule has 1 aliphatic rings. The topological polar surface area (TPSA) is 38.2 Å². The maximum atomic E-state index is 5.32. The quantitative estimate of drug-likeness (QED) is 0.483. The second-order valence-electron chi connectivity index (χ2n) is 6.61. The Labute approximate surface area is 160 Å². The van der Waals surface area contributed by atoms with Gasteiger partial charge in [0.25, 0.3) is 0 Å². The minimum Gasteiger partial charge on any atom is -0.497 e. The number of thiazole rings is 2. The fourth-order valence-corrected chi connectivity index (χ4v) is 5.72. The van der Waals surface area contributed by atoms with Gasteiger partial charge >= 0.3 is 0 Å². The summed E-state index contributed by atoms with van der Waals surface area (Å²) < 4.78 is 7.81. The lowest BCUT2D eigenvalue weighted by Crippen LogP contribution is -2.32. The normalized spacial score (nSPS) is 15.8. The summed E-state index contributed by atoms with van der Waals surface area (Å²) in [7, 11) is 1.70. The number of rotatable bonds is 3. The number of fused-ring (bicyclic) bond motifs is 2. The van der Waals surface area contributed by atoms with Crippen LogP contribution in [0.25, 0.3) is 20.4 Å². The van der Waals surface area contributed by atoms with Crippen LogP contribution in [0.4, 0.5) is 5.13 Å². The predicted molar refractivity (Wildman–Crippen MR) is 110 cm³/mol. The van der Waals surface area contributed by atoms with Crippen LogP contribution in [0, 0.1) is 0 Å². The number of anilines is 1. The van der Waals surface area contributed by atoms with Crippen LogP contribution in [0.15, 0.2) is 42.5 Å². The van der Waals surface area contributed by atoms with E-state index in [4.69, 9.17) is 14.7 Å². The minimum absolute atomic E-state index is 0.568. The van der Waals surface area contributed by atoms with Crippen molar-refractivity contribution in [3.63, 3.8) is 0 Å². The molecule has 5 rings (SSSR count). The number of nitrogens with zero attached hydrogens (tertiary/aromatic N) is 3. The van der Waals surface area contributed by atoms with Crippen molar-refractivity contribution < 1.29 is 4.74 Å². The van der Waals surface area contributed by atoms with E-state index < -0.39 is 0 Å². The molecule has 0 N–H and O–H groups in total. The van der Waals surface area contributed by atoms with E-state index in [0.29, 0.717) is 5.92 Å². The molecule has 0 saturated carbocycles. The minimum atomic E-state index is 0.568. The lowest BCUT2D eigenvalue weighted by Gasteiger charge is -2.30. The molecule has 4 aromatic rings. The van der Waals surface area contributed by atoms with Gasteiger partial charge in [-0.2, -0.15) is 0 Å². The SMILES string of the molecule is COc1ccc2nc(N3CCC(c4nc5ccccc5s4)CC3)sc2c1. The average molecular weight is 382 g/mol. The van der Waals surface area contributed by atoms with Crippen molar-refractivity contribution in [2.24, 2.45) is 0 Å². The van der Waals surface area contributed by atoms with Gasteiger partial charge in [-0.05, 0) is 43.2 Å². The Morgan fingerprint density at radius 1 is 0.962 bits per heavy atom. The van der Waals surface area contributed by atoms with E-state index in [9.17, 15) is 0 Å². The average Bonchev–Trinajstić information content (AvgIpc) is 3.31. The lowest BCUT2D eigenvalue weighted by atomic mass is 9.98. The summed E-state index contributed by atoms with van der Waals surface area (Å²) in [4.78, 5) is 12.1. The van der Waals surface area contributed by atoms with Gasteiger partial charge in [0.15, 0.2) is 5.13 Å². The van der Waals surface area contributed by atoms with E-state index in [0.717, 1.165) is 47.8 Å². The Kier molecular flexibility index (Phi) is 4.02. The molecule has 0 bridgehead atoms. The molecule has 2 aromatic carbocycles.